The van der Waals surface area contributed by atoms with E-state index in [1.165, 1.54) is 0 Å². The second-order valence-electron chi connectivity index (χ2n) is 5.40. The Kier molecular flexibility index (Phi) is 9.41. The van der Waals surface area contributed by atoms with E-state index >= 15 is 0 Å². The van der Waals surface area contributed by atoms with Crippen molar-refractivity contribution < 1.29 is 14.3 Å². The highest BCUT2D eigenvalue weighted by Crippen LogP contribution is 2.29. The van der Waals surface area contributed by atoms with E-state index < -0.39 is 0 Å². The van der Waals surface area contributed by atoms with Crippen LogP contribution in [0.4, 0.5) is 5.69 Å². The Bertz CT molecular complexity index is 796. The zero-order chi connectivity index (χ0) is 18.9. The fraction of sp³-hybridized carbons (Fsp3) is 0.263. The van der Waals surface area contributed by atoms with Crippen LogP contribution >= 0.6 is 24.0 Å². The van der Waals surface area contributed by atoms with Gasteiger partial charge in [-0.2, -0.15) is 0 Å². The topological polar surface area (TPSA) is 84.0 Å². The van der Waals surface area contributed by atoms with E-state index in [-0.39, 0.29) is 29.9 Å². The molecule has 1 amide bonds. The summed E-state index contributed by atoms with van der Waals surface area (Å²) >= 11 is 0. The van der Waals surface area contributed by atoms with E-state index in [1.807, 2.05) is 36.4 Å². The third-order valence-corrected chi connectivity index (χ3v) is 3.75. The molecule has 0 aliphatic carbocycles. The van der Waals surface area contributed by atoms with Crippen LogP contribution < -0.4 is 25.4 Å². The molecule has 0 fully saturated rings. The minimum Gasteiger partial charge on any atom is -0.493 e. The molecule has 0 heterocycles. The maximum absolute atomic E-state index is 11.7. The fourth-order valence-electron chi connectivity index (χ4n) is 2.38. The van der Waals surface area contributed by atoms with E-state index in [1.54, 1.807) is 34.4 Å². The minimum atomic E-state index is -0.111. The summed E-state index contributed by atoms with van der Waals surface area (Å²) in [5.74, 6) is 1.78. The summed E-state index contributed by atoms with van der Waals surface area (Å²) in [6, 6.07) is 12.9. The van der Waals surface area contributed by atoms with Gasteiger partial charge in [0.05, 0.1) is 14.2 Å². The van der Waals surface area contributed by atoms with E-state index in [0.29, 0.717) is 29.6 Å². The number of amides is 1. The van der Waals surface area contributed by atoms with Crippen LogP contribution in [0.5, 0.6) is 11.5 Å². The first kappa shape index (κ1) is 22.6. The van der Waals surface area contributed by atoms with Gasteiger partial charge < -0.3 is 25.4 Å². The lowest BCUT2D eigenvalue weighted by Crippen LogP contribution is -2.30. The average Bonchev–Trinajstić information content (AvgIpc) is 2.70. The lowest BCUT2D eigenvalue weighted by molar-refractivity contribution is 0.0963. The number of guanidine groups is 1. The molecular weight excluding hydrogens is 459 g/mol. The lowest BCUT2D eigenvalue weighted by atomic mass is 10.1. The van der Waals surface area contributed by atoms with E-state index in [0.717, 1.165) is 11.3 Å². The normalized spacial score (nSPS) is 10.4. The highest BCUT2D eigenvalue weighted by Gasteiger charge is 2.07. The summed E-state index contributed by atoms with van der Waals surface area (Å²) < 4.78 is 10.5. The van der Waals surface area contributed by atoms with Gasteiger partial charge in [0, 0.05) is 38.0 Å². The molecule has 0 saturated carbocycles. The van der Waals surface area contributed by atoms with Crippen LogP contribution in [-0.4, -0.2) is 40.2 Å². The first-order valence-corrected chi connectivity index (χ1v) is 8.12. The number of anilines is 1. The summed E-state index contributed by atoms with van der Waals surface area (Å²) in [7, 11) is 6.49. The average molecular weight is 484 g/mol. The SMILES string of the molecule is CN=C(NCc1cccc(C(=O)NC)c1)Nc1ccc(OC)c(OC)c1.I. The number of benzene rings is 2. The lowest BCUT2D eigenvalue weighted by Gasteiger charge is -2.14. The number of nitrogens with zero attached hydrogens (tertiary/aromatic N) is 1. The maximum atomic E-state index is 11.7. The van der Waals surface area contributed by atoms with Gasteiger partial charge >= 0.3 is 0 Å². The van der Waals surface area contributed by atoms with Gasteiger partial charge in [0.2, 0.25) is 0 Å². The van der Waals surface area contributed by atoms with Crippen LogP contribution in [0.1, 0.15) is 15.9 Å². The zero-order valence-corrected chi connectivity index (χ0v) is 18.2. The van der Waals surface area contributed by atoms with Crippen molar-refractivity contribution in [1.29, 1.82) is 0 Å². The molecule has 0 unspecified atom stereocenters. The van der Waals surface area contributed by atoms with Crippen molar-refractivity contribution in [2.24, 2.45) is 4.99 Å². The van der Waals surface area contributed by atoms with Gasteiger partial charge in [-0.05, 0) is 29.8 Å². The van der Waals surface area contributed by atoms with Crippen molar-refractivity contribution in [3.63, 3.8) is 0 Å². The molecular formula is C19H25IN4O3. The quantitative estimate of drug-likeness (QED) is 0.334. The van der Waals surface area contributed by atoms with Gasteiger partial charge in [-0.1, -0.05) is 12.1 Å². The summed E-state index contributed by atoms with van der Waals surface area (Å²) in [6.45, 7) is 0.526. The predicted molar refractivity (Wildman–Crippen MR) is 119 cm³/mol. The number of methoxy groups -OCH3 is 2. The fourth-order valence-corrected chi connectivity index (χ4v) is 2.38. The van der Waals surface area contributed by atoms with Crippen molar-refractivity contribution in [2.45, 2.75) is 6.54 Å². The highest BCUT2D eigenvalue weighted by atomic mass is 127. The van der Waals surface area contributed by atoms with Crippen LogP contribution in [0, 0.1) is 0 Å². The van der Waals surface area contributed by atoms with Gasteiger partial charge in [0.1, 0.15) is 0 Å². The molecule has 0 bridgehead atoms. The number of halogens is 1. The Labute approximate surface area is 176 Å². The van der Waals surface area contributed by atoms with Crippen LogP contribution in [0.3, 0.4) is 0 Å². The van der Waals surface area contributed by atoms with Crippen molar-refractivity contribution in [3.05, 3.63) is 53.6 Å². The molecule has 146 valence electrons. The molecule has 0 aliphatic heterocycles. The largest absolute Gasteiger partial charge is 0.493 e. The Morgan fingerprint density at radius 3 is 2.44 bits per heavy atom. The maximum Gasteiger partial charge on any atom is 0.251 e. The number of hydrogen-bond donors (Lipinski definition) is 3. The minimum absolute atomic E-state index is 0. The molecule has 8 heteroatoms. The van der Waals surface area contributed by atoms with Crippen LogP contribution in [0.15, 0.2) is 47.5 Å². The number of aliphatic imine (C=N–C) groups is 1. The number of carbonyl (C=O) groups excluding carboxylic acids is 1. The molecule has 2 rings (SSSR count). The van der Waals surface area contributed by atoms with Crippen LogP contribution in [0.2, 0.25) is 0 Å². The van der Waals surface area contributed by atoms with E-state index in [2.05, 4.69) is 20.9 Å². The molecule has 0 saturated heterocycles. The molecule has 0 aliphatic rings. The van der Waals surface area contributed by atoms with Gasteiger partial charge in [-0.3, -0.25) is 9.79 Å². The molecule has 27 heavy (non-hydrogen) atoms. The highest BCUT2D eigenvalue weighted by molar-refractivity contribution is 14.0. The molecule has 0 radical (unpaired) electrons. The standard InChI is InChI=1S/C19H24N4O3.HI/c1-20-18(24)14-7-5-6-13(10-14)12-22-19(21-2)23-15-8-9-16(25-3)17(11-15)26-4;/h5-11H,12H2,1-4H3,(H,20,24)(H2,21,22,23);1H. The molecule has 7 nitrogen and oxygen atoms in total. The summed E-state index contributed by atoms with van der Waals surface area (Å²) in [4.78, 5) is 15.9. The first-order chi connectivity index (χ1) is 12.6. The molecule has 0 atom stereocenters. The Hall–Kier alpha value is -2.49. The van der Waals surface area contributed by atoms with Crippen LogP contribution in [-0.2, 0) is 6.54 Å². The van der Waals surface area contributed by atoms with E-state index in [9.17, 15) is 4.79 Å². The van der Waals surface area contributed by atoms with Crippen LogP contribution in [0.25, 0.3) is 0 Å². The smallest absolute Gasteiger partial charge is 0.251 e. The summed E-state index contributed by atoms with van der Waals surface area (Å²) in [6.07, 6.45) is 0. The monoisotopic (exact) mass is 484 g/mol. The Morgan fingerprint density at radius 2 is 1.81 bits per heavy atom. The second-order valence-corrected chi connectivity index (χ2v) is 5.40. The van der Waals surface area contributed by atoms with Gasteiger partial charge in [0.25, 0.3) is 5.91 Å². The molecule has 3 N–H and O–H groups in total. The van der Waals surface area contributed by atoms with Gasteiger partial charge in [-0.25, -0.2) is 0 Å². The summed E-state index contributed by atoms with van der Waals surface area (Å²) in [5.41, 5.74) is 2.41. The third kappa shape index (κ3) is 6.31. The number of hydrogen-bond acceptors (Lipinski definition) is 4. The number of ether oxygens (including phenoxy) is 2. The molecule has 2 aromatic carbocycles. The van der Waals surface area contributed by atoms with Gasteiger partial charge in [-0.15, -0.1) is 24.0 Å². The number of nitrogens with one attached hydrogen (secondary N) is 3. The first-order valence-electron chi connectivity index (χ1n) is 8.12. The molecule has 0 aromatic heterocycles. The third-order valence-electron chi connectivity index (χ3n) is 3.75. The van der Waals surface area contributed by atoms with Crippen molar-refractivity contribution in [3.8, 4) is 11.5 Å². The Morgan fingerprint density at radius 1 is 1.07 bits per heavy atom. The molecule has 0 spiro atoms. The number of rotatable bonds is 6. The van der Waals surface area contributed by atoms with Crippen molar-refractivity contribution in [2.75, 3.05) is 33.6 Å². The number of carbonyl (C=O) groups is 1. The van der Waals surface area contributed by atoms with Crippen molar-refractivity contribution >= 4 is 41.5 Å². The van der Waals surface area contributed by atoms with Gasteiger partial charge in [0.15, 0.2) is 17.5 Å². The Balaban J connectivity index is 0.00000364. The predicted octanol–water partition coefficient (Wildman–Crippen LogP) is 2.87. The van der Waals surface area contributed by atoms with E-state index in [4.69, 9.17) is 9.47 Å². The molecule has 2 aromatic rings. The van der Waals surface area contributed by atoms with Crippen molar-refractivity contribution in [1.82, 2.24) is 10.6 Å². The second kappa shape index (κ2) is 11.3. The zero-order valence-electron chi connectivity index (χ0n) is 15.8. The summed E-state index contributed by atoms with van der Waals surface area (Å²) in [5, 5.41) is 9.04.